The summed E-state index contributed by atoms with van der Waals surface area (Å²) in [5.74, 6) is 0.0985. The summed E-state index contributed by atoms with van der Waals surface area (Å²) in [5, 5.41) is 10.6. The predicted octanol–water partition coefficient (Wildman–Crippen LogP) is 1.78. The maximum Gasteiger partial charge on any atom is 0.266 e. The molecule has 0 heterocycles. The van der Waals surface area contributed by atoms with E-state index in [9.17, 15) is 13.5 Å². The molecule has 2 rings (SSSR count). The summed E-state index contributed by atoms with van der Waals surface area (Å²) in [6.45, 7) is 2.27. The predicted molar refractivity (Wildman–Crippen MR) is 97.8 cm³/mol. The van der Waals surface area contributed by atoms with E-state index in [1.54, 1.807) is 54.6 Å². The van der Waals surface area contributed by atoms with Gasteiger partial charge in [0, 0.05) is 0 Å². The third-order valence-electron chi connectivity index (χ3n) is 3.68. The summed E-state index contributed by atoms with van der Waals surface area (Å²) >= 11 is 0. The van der Waals surface area contributed by atoms with Crippen LogP contribution in [0.2, 0.25) is 0 Å². The molecular formula is C18H23NO6S. The van der Waals surface area contributed by atoms with Gasteiger partial charge >= 0.3 is 0 Å². The molecule has 0 amide bonds. The van der Waals surface area contributed by atoms with Crippen molar-refractivity contribution in [2.75, 3.05) is 12.4 Å². The molecule has 0 radical (unpaired) electrons. The highest BCUT2D eigenvalue weighted by Gasteiger charge is 2.31. The number of hydrogen-bond donors (Lipinski definition) is 3. The van der Waals surface area contributed by atoms with Gasteiger partial charge in [0.2, 0.25) is 0 Å². The van der Waals surface area contributed by atoms with Crippen molar-refractivity contribution in [1.82, 2.24) is 0 Å². The van der Waals surface area contributed by atoms with Crippen LogP contribution in [0.25, 0.3) is 0 Å². The van der Waals surface area contributed by atoms with E-state index in [-0.39, 0.29) is 0 Å². The summed E-state index contributed by atoms with van der Waals surface area (Å²) in [6, 6.07) is 14.5. The molecule has 2 aromatic rings. The molecule has 0 fully saturated rings. The molecule has 3 atom stereocenters. The van der Waals surface area contributed by atoms with Crippen LogP contribution in [0, 0.1) is 0 Å². The molecule has 142 valence electrons. The van der Waals surface area contributed by atoms with Crippen LogP contribution in [0.5, 0.6) is 11.5 Å². The molecule has 0 saturated carbocycles. The lowest BCUT2D eigenvalue weighted by atomic mass is 10.00. The van der Waals surface area contributed by atoms with Crippen molar-refractivity contribution < 1.29 is 27.6 Å². The molecule has 0 saturated heterocycles. The highest BCUT2D eigenvalue weighted by molar-refractivity contribution is 7.85. The molecular weight excluding hydrogens is 358 g/mol. The largest absolute Gasteiger partial charge is 0.490 e. The minimum atomic E-state index is -4.34. The van der Waals surface area contributed by atoms with Gasteiger partial charge in [0.05, 0.1) is 18.4 Å². The molecule has 4 N–H and O–H groups in total. The second-order valence-electron chi connectivity index (χ2n) is 5.73. The molecule has 0 aliphatic rings. The van der Waals surface area contributed by atoms with Crippen molar-refractivity contribution in [3.8, 4) is 11.5 Å². The van der Waals surface area contributed by atoms with E-state index >= 15 is 0 Å². The highest BCUT2D eigenvalue weighted by Crippen LogP contribution is 2.33. The van der Waals surface area contributed by atoms with Gasteiger partial charge in [-0.2, -0.15) is 8.42 Å². The summed E-state index contributed by atoms with van der Waals surface area (Å²) in [6.07, 6.45) is -2.33. The van der Waals surface area contributed by atoms with Crippen LogP contribution in [0.15, 0.2) is 54.6 Å². The minimum absolute atomic E-state index is 0.390. The third kappa shape index (κ3) is 5.70. The molecule has 8 heteroatoms. The first-order valence-electron chi connectivity index (χ1n) is 8.14. The summed E-state index contributed by atoms with van der Waals surface area (Å²) < 4.78 is 42.7. The van der Waals surface area contributed by atoms with Crippen molar-refractivity contribution in [2.45, 2.75) is 25.2 Å². The highest BCUT2D eigenvalue weighted by atomic mass is 32.2. The van der Waals surface area contributed by atoms with E-state index in [1.807, 2.05) is 6.92 Å². The van der Waals surface area contributed by atoms with Gasteiger partial charge in [0.15, 0.2) is 17.6 Å². The number of ether oxygens (including phenoxy) is 2. The maximum absolute atomic E-state index is 11.1. The molecule has 0 spiro atoms. The zero-order valence-corrected chi connectivity index (χ0v) is 15.2. The van der Waals surface area contributed by atoms with Crippen LogP contribution >= 0.6 is 0 Å². The zero-order valence-electron chi connectivity index (χ0n) is 14.4. The Hall–Kier alpha value is -2.13. The topological polar surface area (TPSA) is 119 Å². The Morgan fingerprint density at radius 3 is 2.19 bits per heavy atom. The van der Waals surface area contributed by atoms with Crippen molar-refractivity contribution in [3.63, 3.8) is 0 Å². The maximum atomic E-state index is 11.1. The van der Waals surface area contributed by atoms with Gasteiger partial charge in [-0.15, -0.1) is 0 Å². The number of para-hydroxylation sites is 2. The van der Waals surface area contributed by atoms with E-state index in [1.165, 1.54) is 0 Å². The lowest BCUT2D eigenvalue weighted by molar-refractivity contribution is 0.0209. The molecule has 0 aliphatic carbocycles. The first-order valence-corrected chi connectivity index (χ1v) is 9.75. The van der Waals surface area contributed by atoms with Crippen LogP contribution in [-0.4, -0.2) is 42.6 Å². The van der Waals surface area contributed by atoms with Crippen LogP contribution in [0.4, 0.5) is 0 Å². The Morgan fingerprint density at radius 1 is 1.04 bits per heavy atom. The van der Waals surface area contributed by atoms with Gasteiger partial charge < -0.3 is 20.3 Å². The van der Waals surface area contributed by atoms with Gasteiger partial charge in [-0.05, 0) is 24.6 Å². The Kier molecular flexibility index (Phi) is 6.98. The van der Waals surface area contributed by atoms with Crippen LogP contribution in [-0.2, 0) is 10.1 Å². The summed E-state index contributed by atoms with van der Waals surface area (Å²) in [4.78, 5) is 0. The fourth-order valence-electron chi connectivity index (χ4n) is 2.50. The summed E-state index contributed by atoms with van der Waals surface area (Å²) in [7, 11) is -4.34. The third-order valence-corrected chi connectivity index (χ3v) is 4.49. The second-order valence-corrected chi connectivity index (χ2v) is 7.23. The van der Waals surface area contributed by atoms with Gasteiger partial charge in [-0.3, -0.25) is 4.55 Å². The number of aliphatic hydroxyl groups is 1. The quantitative estimate of drug-likeness (QED) is 0.566. The fourth-order valence-corrected chi connectivity index (χ4v) is 3.19. The molecule has 0 aromatic heterocycles. The molecule has 0 bridgehead atoms. The van der Waals surface area contributed by atoms with E-state index in [0.717, 1.165) is 0 Å². The fraction of sp³-hybridized carbons (Fsp3) is 0.333. The van der Waals surface area contributed by atoms with Gasteiger partial charge in [0.1, 0.15) is 6.10 Å². The van der Waals surface area contributed by atoms with Crippen molar-refractivity contribution in [2.24, 2.45) is 5.73 Å². The van der Waals surface area contributed by atoms with E-state index in [4.69, 9.17) is 19.8 Å². The lowest BCUT2D eigenvalue weighted by Gasteiger charge is -2.28. The number of rotatable bonds is 9. The summed E-state index contributed by atoms with van der Waals surface area (Å²) in [5.41, 5.74) is 6.40. The number of nitrogens with two attached hydrogens (primary N) is 1. The first kappa shape index (κ1) is 20.2. The molecule has 26 heavy (non-hydrogen) atoms. The van der Waals surface area contributed by atoms with Crippen molar-refractivity contribution in [3.05, 3.63) is 60.2 Å². The zero-order chi connectivity index (χ0) is 19.2. The monoisotopic (exact) mass is 381 g/mol. The SMILES string of the molecule is CCOc1ccccc1OC(c1ccccc1)C(O)C(N)CS(=O)(=O)O. The van der Waals surface area contributed by atoms with E-state index < -0.39 is 34.1 Å². The minimum Gasteiger partial charge on any atom is -0.490 e. The molecule has 2 aromatic carbocycles. The van der Waals surface area contributed by atoms with Crippen molar-refractivity contribution in [1.29, 1.82) is 0 Å². The number of hydrogen-bond acceptors (Lipinski definition) is 6. The lowest BCUT2D eigenvalue weighted by Crippen LogP contribution is -2.45. The van der Waals surface area contributed by atoms with E-state index in [0.29, 0.717) is 23.7 Å². The Morgan fingerprint density at radius 2 is 1.62 bits per heavy atom. The second kappa shape index (κ2) is 9.00. The average Bonchev–Trinajstić information content (AvgIpc) is 2.60. The normalized spacial score (nSPS) is 15.1. The Bertz CT molecular complexity index is 796. The Labute approximate surface area is 153 Å². The average molecular weight is 381 g/mol. The number of aliphatic hydroxyl groups excluding tert-OH is 1. The standard InChI is InChI=1S/C18H23NO6S/c1-2-24-15-10-6-7-11-16(15)25-18(13-8-4-3-5-9-13)17(20)14(19)12-26(21,22)23/h3-11,14,17-18,20H,2,12,19H2,1H3,(H,21,22,23). The van der Waals surface area contributed by atoms with Gasteiger partial charge in [0.25, 0.3) is 10.1 Å². The van der Waals surface area contributed by atoms with E-state index in [2.05, 4.69) is 0 Å². The van der Waals surface area contributed by atoms with Crippen LogP contribution in [0.3, 0.4) is 0 Å². The van der Waals surface area contributed by atoms with Crippen molar-refractivity contribution >= 4 is 10.1 Å². The number of benzene rings is 2. The van der Waals surface area contributed by atoms with Crippen LogP contribution in [0.1, 0.15) is 18.6 Å². The molecule has 7 nitrogen and oxygen atoms in total. The van der Waals surface area contributed by atoms with Gasteiger partial charge in [-0.25, -0.2) is 0 Å². The van der Waals surface area contributed by atoms with Crippen LogP contribution < -0.4 is 15.2 Å². The molecule has 0 aliphatic heterocycles. The first-order chi connectivity index (χ1) is 12.3. The molecule has 3 unspecified atom stereocenters. The smallest absolute Gasteiger partial charge is 0.266 e. The Balaban J connectivity index is 2.33. The van der Waals surface area contributed by atoms with Gasteiger partial charge in [-0.1, -0.05) is 42.5 Å².